The van der Waals surface area contributed by atoms with Gasteiger partial charge in [0.2, 0.25) is 0 Å². The zero-order valence-electron chi connectivity index (χ0n) is 7.33. The van der Waals surface area contributed by atoms with E-state index in [1.165, 1.54) is 0 Å². The molecule has 62 valence electrons. The van der Waals surface area contributed by atoms with Crippen molar-refractivity contribution >= 4 is 0 Å². The molecule has 1 aromatic rings. The van der Waals surface area contributed by atoms with E-state index in [0.29, 0.717) is 0 Å². The van der Waals surface area contributed by atoms with Gasteiger partial charge in [-0.15, -0.1) is 0 Å². The molecule has 1 aromatic heterocycles. The largest absolute Gasteiger partial charge is 0.320 e. The molecule has 0 aliphatic rings. The number of nitrogens with two attached hydrogens (primary N) is 1. The molecule has 0 aliphatic carbocycles. The van der Waals surface area contributed by atoms with Crippen LogP contribution in [0, 0.1) is 0 Å². The first-order valence-corrected chi connectivity index (χ1v) is 3.85. The molecule has 0 spiro atoms. The van der Waals surface area contributed by atoms with E-state index in [0.717, 1.165) is 12.1 Å². The highest BCUT2D eigenvalue weighted by atomic mass is 15.3. The molecule has 2 N–H and O–H groups in total. The topological polar surface area (TPSA) is 43.8 Å². The van der Waals surface area contributed by atoms with Crippen LogP contribution < -0.4 is 5.73 Å². The predicted octanol–water partition coefficient (Wildman–Crippen LogP) is 1.00. The molecule has 1 unspecified atom stereocenters. The Morgan fingerprint density at radius 3 is 2.73 bits per heavy atom. The van der Waals surface area contributed by atoms with Crippen LogP contribution in [-0.4, -0.2) is 9.78 Å². The number of aryl methyl sites for hydroxylation is 1. The van der Waals surface area contributed by atoms with E-state index in [1.54, 1.807) is 6.20 Å². The maximum atomic E-state index is 6.02. The Balaban J connectivity index is 3.00. The summed E-state index contributed by atoms with van der Waals surface area (Å²) in [6, 6.07) is 1.96. The molecule has 0 saturated carbocycles. The minimum Gasteiger partial charge on any atom is -0.320 e. The smallest absolute Gasteiger partial charge is 0.0576 e. The summed E-state index contributed by atoms with van der Waals surface area (Å²) in [5.41, 5.74) is 6.86. The van der Waals surface area contributed by atoms with E-state index in [9.17, 15) is 0 Å². The zero-order chi connectivity index (χ0) is 8.48. The van der Waals surface area contributed by atoms with Crippen molar-refractivity contribution in [3.05, 3.63) is 18.0 Å². The molecule has 1 rings (SSSR count). The Morgan fingerprint density at radius 1 is 1.73 bits per heavy atom. The second kappa shape index (κ2) is 2.66. The van der Waals surface area contributed by atoms with Gasteiger partial charge in [0.15, 0.2) is 0 Å². The highest BCUT2D eigenvalue weighted by Gasteiger charge is 2.21. The Hall–Kier alpha value is -0.830. The molecule has 3 heteroatoms. The van der Waals surface area contributed by atoms with Crippen LogP contribution in [0.1, 0.15) is 26.0 Å². The van der Waals surface area contributed by atoms with Gasteiger partial charge >= 0.3 is 0 Å². The van der Waals surface area contributed by atoms with Crippen LogP contribution in [0.2, 0.25) is 0 Å². The number of aromatic nitrogens is 2. The summed E-state index contributed by atoms with van der Waals surface area (Å²) in [7, 11) is 1.91. The normalized spacial score (nSPS) is 16.4. The fourth-order valence-electron chi connectivity index (χ4n) is 1.12. The van der Waals surface area contributed by atoms with Gasteiger partial charge in [0.05, 0.1) is 11.2 Å². The van der Waals surface area contributed by atoms with E-state index in [1.807, 2.05) is 24.7 Å². The molecule has 11 heavy (non-hydrogen) atoms. The van der Waals surface area contributed by atoms with Gasteiger partial charge in [0.1, 0.15) is 0 Å². The molecule has 0 radical (unpaired) electrons. The van der Waals surface area contributed by atoms with Gasteiger partial charge in [-0.3, -0.25) is 4.68 Å². The number of rotatable bonds is 2. The van der Waals surface area contributed by atoms with Crippen molar-refractivity contribution in [3.63, 3.8) is 0 Å². The molecular weight excluding hydrogens is 138 g/mol. The van der Waals surface area contributed by atoms with Crippen molar-refractivity contribution in [2.24, 2.45) is 12.8 Å². The van der Waals surface area contributed by atoms with Crippen LogP contribution in [0.5, 0.6) is 0 Å². The fraction of sp³-hybridized carbons (Fsp3) is 0.625. The summed E-state index contributed by atoms with van der Waals surface area (Å²) < 4.78 is 1.82. The lowest BCUT2D eigenvalue weighted by Crippen LogP contribution is -2.34. The highest BCUT2D eigenvalue weighted by Crippen LogP contribution is 2.19. The van der Waals surface area contributed by atoms with Gasteiger partial charge in [0.25, 0.3) is 0 Å². The molecule has 3 nitrogen and oxygen atoms in total. The molecule has 0 aromatic carbocycles. The molecule has 1 heterocycles. The third kappa shape index (κ3) is 1.43. The SMILES string of the molecule is CCC(C)(N)c1ccnn1C. The first-order chi connectivity index (χ1) is 5.08. The highest BCUT2D eigenvalue weighted by molar-refractivity contribution is 5.11. The first-order valence-electron chi connectivity index (χ1n) is 3.85. The average Bonchev–Trinajstić information content (AvgIpc) is 2.36. The number of nitrogens with zero attached hydrogens (tertiary/aromatic N) is 2. The van der Waals surface area contributed by atoms with Crippen molar-refractivity contribution in [1.82, 2.24) is 9.78 Å². The molecular formula is C8H15N3. The molecule has 0 amide bonds. The molecule has 0 bridgehead atoms. The van der Waals surface area contributed by atoms with Gasteiger partial charge < -0.3 is 5.73 Å². The van der Waals surface area contributed by atoms with Crippen LogP contribution in [0.25, 0.3) is 0 Å². The van der Waals surface area contributed by atoms with Gasteiger partial charge in [-0.25, -0.2) is 0 Å². The lowest BCUT2D eigenvalue weighted by atomic mass is 9.96. The quantitative estimate of drug-likeness (QED) is 0.689. The second-order valence-electron chi connectivity index (χ2n) is 3.11. The van der Waals surface area contributed by atoms with E-state index < -0.39 is 0 Å². The average molecular weight is 153 g/mol. The summed E-state index contributed by atoms with van der Waals surface area (Å²) in [6.07, 6.45) is 2.70. The van der Waals surface area contributed by atoms with Gasteiger partial charge in [-0.05, 0) is 19.4 Å². The van der Waals surface area contributed by atoms with Crippen LogP contribution in [0.4, 0.5) is 0 Å². The fourth-order valence-corrected chi connectivity index (χ4v) is 1.12. The Morgan fingerprint density at radius 2 is 2.36 bits per heavy atom. The lowest BCUT2D eigenvalue weighted by molar-refractivity contribution is 0.436. The van der Waals surface area contributed by atoms with Crippen molar-refractivity contribution in [2.45, 2.75) is 25.8 Å². The monoisotopic (exact) mass is 153 g/mol. The van der Waals surface area contributed by atoms with Gasteiger partial charge in [-0.2, -0.15) is 5.10 Å². The minimum atomic E-state index is -0.245. The van der Waals surface area contributed by atoms with Crippen molar-refractivity contribution in [3.8, 4) is 0 Å². The summed E-state index contributed by atoms with van der Waals surface area (Å²) in [5.74, 6) is 0. The maximum absolute atomic E-state index is 6.02. The summed E-state index contributed by atoms with van der Waals surface area (Å²) in [5, 5.41) is 4.07. The van der Waals surface area contributed by atoms with Crippen molar-refractivity contribution < 1.29 is 0 Å². The molecule has 0 saturated heterocycles. The Labute approximate surface area is 67.2 Å². The predicted molar refractivity (Wildman–Crippen MR) is 45.0 cm³/mol. The first kappa shape index (κ1) is 8.27. The van der Waals surface area contributed by atoms with Crippen LogP contribution >= 0.6 is 0 Å². The van der Waals surface area contributed by atoms with Crippen molar-refractivity contribution in [1.29, 1.82) is 0 Å². The van der Waals surface area contributed by atoms with E-state index in [-0.39, 0.29) is 5.54 Å². The molecule has 0 aliphatic heterocycles. The van der Waals surface area contributed by atoms with Crippen LogP contribution in [0.3, 0.4) is 0 Å². The van der Waals surface area contributed by atoms with E-state index in [4.69, 9.17) is 5.73 Å². The summed E-state index contributed by atoms with van der Waals surface area (Å²) in [6.45, 7) is 4.09. The molecule has 0 fully saturated rings. The maximum Gasteiger partial charge on any atom is 0.0576 e. The summed E-state index contributed by atoms with van der Waals surface area (Å²) in [4.78, 5) is 0. The standard InChI is InChI=1S/C8H15N3/c1-4-8(2,9)7-5-6-10-11(7)3/h5-6H,4,9H2,1-3H3. The Kier molecular flexibility index (Phi) is 2.00. The Bertz CT molecular complexity index is 237. The third-order valence-electron chi connectivity index (χ3n) is 2.14. The molecule has 1 atom stereocenters. The van der Waals surface area contributed by atoms with Gasteiger partial charge in [0, 0.05) is 13.2 Å². The summed E-state index contributed by atoms with van der Waals surface area (Å²) >= 11 is 0. The zero-order valence-corrected chi connectivity index (χ0v) is 7.33. The second-order valence-corrected chi connectivity index (χ2v) is 3.11. The van der Waals surface area contributed by atoms with E-state index in [2.05, 4.69) is 12.0 Å². The van der Waals surface area contributed by atoms with Crippen LogP contribution in [0.15, 0.2) is 12.3 Å². The number of hydrogen-bond acceptors (Lipinski definition) is 2. The third-order valence-corrected chi connectivity index (χ3v) is 2.14. The van der Waals surface area contributed by atoms with E-state index >= 15 is 0 Å². The van der Waals surface area contributed by atoms with Crippen LogP contribution in [-0.2, 0) is 12.6 Å². The lowest BCUT2D eigenvalue weighted by Gasteiger charge is -2.22. The number of hydrogen-bond donors (Lipinski definition) is 1. The van der Waals surface area contributed by atoms with Crippen molar-refractivity contribution in [2.75, 3.05) is 0 Å². The van der Waals surface area contributed by atoms with Gasteiger partial charge in [-0.1, -0.05) is 6.92 Å². The minimum absolute atomic E-state index is 0.245.